The van der Waals surface area contributed by atoms with Crippen molar-refractivity contribution in [1.29, 1.82) is 0 Å². The summed E-state index contributed by atoms with van der Waals surface area (Å²) in [6.45, 7) is 1.33. The molecule has 1 aromatic carbocycles. The Balaban J connectivity index is 1.97. The molecular formula is C11H13N3O. The van der Waals surface area contributed by atoms with Crippen LogP contribution in [0.2, 0.25) is 0 Å². The molecule has 4 nitrogen and oxygen atoms in total. The quantitative estimate of drug-likeness (QED) is 0.663. The molecule has 0 unspecified atom stereocenters. The number of aliphatic hydroxyl groups is 1. The van der Waals surface area contributed by atoms with Gasteiger partial charge in [0, 0.05) is 30.6 Å². The van der Waals surface area contributed by atoms with Gasteiger partial charge in [0.05, 0.1) is 11.1 Å². The van der Waals surface area contributed by atoms with Crippen LogP contribution >= 0.6 is 0 Å². The third-order valence-corrected chi connectivity index (χ3v) is 2.95. The molecule has 1 saturated heterocycles. The van der Waals surface area contributed by atoms with E-state index in [4.69, 9.17) is 0 Å². The van der Waals surface area contributed by atoms with Crippen LogP contribution < -0.4 is 5.32 Å². The van der Waals surface area contributed by atoms with Gasteiger partial charge in [0.2, 0.25) is 0 Å². The molecule has 0 aliphatic carbocycles. The highest BCUT2D eigenvalue weighted by atomic mass is 16.3. The van der Waals surface area contributed by atoms with Crippen LogP contribution in [0.4, 0.5) is 0 Å². The molecule has 1 aromatic heterocycles. The summed E-state index contributed by atoms with van der Waals surface area (Å²) in [6, 6.07) is 7.96. The first-order chi connectivity index (χ1) is 7.27. The predicted molar refractivity (Wildman–Crippen MR) is 57.6 cm³/mol. The number of hydrogen-bond acceptors (Lipinski definition) is 3. The molecule has 78 valence electrons. The minimum Gasteiger partial charge on any atom is -0.387 e. The number of aromatic amines is 1. The van der Waals surface area contributed by atoms with Crippen molar-refractivity contribution in [2.24, 2.45) is 0 Å². The number of nitrogens with zero attached hydrogens (tertiary/aromatic N) is 1. The molecule has 3 rings (SSSR count). The highest BCUT2D eigenvalue weighted by Gasteiger charge is 2.35. The van der Waals surface area contributed by atoms with E-state index in [1.54, 1.807) is 0 Å². The molecule has 15 heavy (non-hydrogen) atoms. The minimum atomic E-state index is -0.588. The third kappa shape index (κ3) is 1.42. The first kappa shape index (κ1) is 8.88. The summed E-state index contributed by atoms with van der Waals surface area (Å²) < 4.78 is 0. The molecule has 0 saturated carbocycles. The average molecular weight is 203 g/mol. The van der Waals surface area contributed by atoms with Gasteiger partial charge in [0.15, 0.2) is 0 Å². The van der Waals surface area contributed by atoms with Crippen LogP contribution in [0.15, 0.2) is 24.3 Å². The fourth-order valence-corrected chi connectivity index (χ4v) is 2.02. The molecular weight excluding hydrogens is 190 g/mol. The largest absolute Gasteiger partial charge is 0.387 e. The van der Waals surface area contributed by atoms with Crippen LogP contribution in [0, 0.1) is 0 Å². The smallest absolute Gasteiger partial charge is 0.0950 e. The SMILES string of the molecule is OC1(Cc2[nH]nc3ccccc23)CNC1. The topological polar surface area (TPSA) is 60.9 Å². The van der Waals surface area contributed by atoms with Crippen molar-refractivity contribution in [2.75, 3.05) is 13.1 Å². The van der Waals surface area contributed by atoms with Crippen molar-refractivity contribution in [2.45, 2.75) is 12.0 Å². The zero-order valence-corrected chi connectivity index (χ0v) is 8.33. The van der Waals surface area contributed by atoms with Crippen molar-refractivity contribution in [3.05, 3.63) is 30.0 Å². The fourth-order valence-electron chi connectivity index (χ4n) is 2.02. The number of rotatable bonds is 2. The van der Waals surface area contributed by atoms with E-state index in [0.29, 0.717) is 19.5 Å². The Bertz CT molecular complexity index is 487. The summed E-state index contributed by atoms with van der Waals surface area (Å²) in [7, 11) is 0. The Morgan fingerprint density at radius 3 is 2.87 bits per heavy atom. The van der Waals surface area contributed by atoms with E-state index in [0.717, 1.165) is 16.6 Å². The summed E-state index contributed by atoms with van der Waals surface area (Å²) in [5, 5.41) is 21.4. The number of para-hydroxylation sites is 1. The van der Waals surface area contributed by atoms with Crippen LogP contribution in [0.1, 0.15) is 5.69 Å². The van der Waals surface area contributed by atoms with Crippen LogP contribution in [0.3, 0.4) is 0 Å². The van der Waals surface area contributed by atoms with Gasteiger partial charge in [-0.2, -0.15) is 5.10 Å². The lowest BCUT2D eigenvalue weighted by Crippen LogP contribution is -2.60. The number of hydrogen-bond donors (Lipinski definition) is 3. The van der Waals surface area contributed by atoms with Gasteiger partial charge in [0.1, 0.15) is 0 Å². The Kier molecular flexibility index (Phi) is 1.81. The lowest BCUT2D eigenvalue weighted by atomic mass is 9.90. The Morgan fingerprint density at radius 2 is 2.13 bits per heavy atom. The Labute approximate surface area is 87.3 Å². The molecule has 1 aliphatic heterocycles. The molecule has 0 radical (unpaired) electrons. The first-order valence-corrected chi connectivity index (χ1v) is 5.12. The highest BCUT2D eigenvalue weighted by Crippen LogP contribution is 2.22. The number of aromatic nitrogens is 2. The average Bonchev–Trinajstić information content (AvgIpc) is 2.60. The van der Waals surface area contributed by atoms with Gasteiger partial charge < -0.3 is 10.4 Å². The first-order valence-electron chi connectivity index (χ1n) is 5.12. The Morgan fingerprint density at radius 1 is 1.33 bits per heavy atom. The number of β-amino-alcohol motifs (C(OH)–C–C–N with tert-alkyl or cyclic N) is 1. The molecule has 1 fully saturated rings. The summed E-state index contributed by atoms with van der Waals surface area (Å²) in [5.74, 6) is 0. The van der Waals surface area contributed by atoms with Gasteiger partial charge in [-0.15, -0.1) is 0 Å². The molecule has 2 aromatic rings. The van der Waals surface area contributed by atoms with E-state index < -0.39 is 5.60 Å². The number of nitrogens with one attached hydrogen (secondary N) is 2. The third-order valence-electron chi connectivity index (χ3n) is 2.95. The van der Waals surface area contributed by atoms with Crippen molar-refractivity contribution in [3.8, 4) is 0 Å². The van der Waals surface area contributed by atoms with Gasteiger partial charge in [-0.1, -0.05) is 18.2 Å². The predicted octanol–water partition coefficient (Wildman–Crippen LogP) is 0.440. The molecule has 0 spiro atoms. The van der Waals surface area contributed by atoms with Gasteiger partial charge in [-0.3, -0.25) is 5.10 Å². The van der Waals surface area contributed by atoms with E-state index >= 15 is 0 Å². The maximum atomic E-state index is 10.0. The zero-order valence-electron chi connectivity index (χ0n) is 8.33. The number of benzene rings is 1. The number of fused-ring (bicyclic) bond motifs is 1. The van der Waals surface area contributed by atoms with Gasteiger partial charge >= 0.3 is 0 Å². The van der Waals surface area contributed by atoms with Crippen molar-refractivity contribution in [1.82, 2.24) is 15.5 Å². The monoisotopic (exact) mass is 203 g/mol. The standard InChI is InChI=1S/C11H13N3O/c15-11(6-12-7-11)5-10-8-3-1-2-4-9(8)13-14-10/h1-4,12,15H,5-7H2,(H,13,14). The summed E-state index contributed by atoms with van der Waals surface area (Å²) in [6.07, 6.45) is 0.639. The number of H-pyrrole nitrogens is 1. The maximum Gasteiger partial charge on any atom is 0.0950 e. The Hall–Kier alpha value is -1.39. The van der Waals surface area contributed by atoms with E-state index in [2.05, 4.69) is 15.5 Å². The molecule has 0 atom stereocenters. The molecule has 0 bridgehead atoms. The van der Waals surface area contributed by atoms with Crippen LogP contribution in [-0.4, -0.2) is 34.0 Å². The second-order valence-electron chi connectivity index (χ2n) is 4.22. The van der Waals surface area contributed by atoms with Gasteiger partial charge in [0.25, 0.3) is 0 Å². The minimum absolute atomic E-state index is 0.588. The van der Waals surface area contributed by atoms with Crippen molar-refractivity contribution >= 4 is 10.9 Å². The van der Waals surface area contributed by atoms with Crippen molar-refractivity contribution in [3.63, 3.8) is 0 Å². The van der Waals surface area contributed by atoms with Gasteiger partial charge in [-0.25, -0.2) is 0 Å². The second-order valence-corrected chi connectivity index (χ2v) is 4.22. The van der Waals surface area contributed by atoms with Crippen LogP contribution in [-0.2, 0) is 6.42 Å². The summed E-state index contributed by atoms with van der Waals surface area (Å²) in [4.78, 5) is 0. The van der Waals surface area contributed by atoms with E-state index in [1.807, 2.05) is 24.3 Å². The molecule has 0 amide bonds. The van der Waals surface area contributed by atoms with Crippen LogP contribution in [0.5, 0.6) is 0 Å². The summed E-state index contributed by atoms with van der Waals surface area (Å²) >= 11 is 0. The second kappa shape index (κ2) is 3.05. The van der Waals surface area contributed by atoms with E-state index in [1.165, 1.54) is 0 Å². The van der Waals surface area contributed by atoms with Crippen LogP contribution in [0.25, 0.3) is 10.9 Å². The van der Waals surface area contributed by atoms with Gasteiger partial charge in [-0.05, 0) is 6.07 Å². The molecule has 2 heterocycles. The highest BCUT2D eigenvalue weighted by molar-refractivity contribution is 5.81. The lowest BCUT2D eigenvalue weighted by Gasteiger charge is -2.37. The summed E-state index contributed by atoms with van der Waals surface area (Å²) in [5.41, 5.74) is 1.40. The van der Waals surface area contributed by atoms with E-state index in [9.17, 15) is 5.11 Å². The fraction of sp³-hybridized carbons (Fsp3) is 0.364. The maximum absolute atomic E-state index is 10.0. The zero-order chi connectivity index (χ0) is 10.3. The lowest BCUT2D eigenvalue weighted by molar-refractivity contribution is -0.00956. The normalized spacial score (nSPS) is 19.0. The van der Waals surface area contributed by atoms with Crippen molar-refractivity contribution < 1.29 is 5.11 Å². The molecule has 4 heteroatoms. The molecule has 1 aliphatic rings. The van der Waals surface area contributed by atoms with E-state index in [-0.39, 0.29) is 0 Å². The molecule has 3 N–H and O–H groups in total.